The second-order valence-electron chi connectivity index (χ2n) is 9.02. The van der Waals surface area contributed by atoms with Crippen LogP contribution < -0.4 is 10.9 Å². The summed E-state index contributed by atoms with van der Waals surface area (Å²) in [5.41, 5.74) is 3.74. The van der Waals surface area contributed by atoms with Crippen LogP contribution in [0.25, 0.3) is 21.5 Å². The molecule has 0 atom stereocenters. The molecule has 0 bridgehead atoms. The van der Waals surface area contributed by atoms with Crippen molar-refractivity contribution in [3.8, 4) is 11.3 Å². The number of hydrogen-bond donors (Lipinski definition) is 2. The van der Waals surface area contributed by atoms with Gasteiger partial charge in [0.2, 0.25) is 11.8 Å². The first-order valence-electron chi connectivity index (χ1n) is 11.6. The summed E-state index contributed by atoms with van der Waals surface area (Å²) in [4.78, 5) is 39.0. The van der Waals surface area contributed by atoms with E-state index in [-0.39, 0.29) is 18.0 Å². The second kappa shape index (κ2) is 9.73. The number of piperazine rings is 1. The molecule has 1 aromatic carbocycles. The topological polar surface area (TPSA) is 107 Å². The molecule has 0 radical (unpaired) electrons. The Hall–Kier alpha value is -3.34. The first kappa shape index (κ1) is 23.4. The van der Waals surface area contributed by atoms with Crippen LogP contribution in [0.3, 0.4) is 0 Å². The fourth-order valence-electron chi connectivity index (χ4n) is 4.27. The Morgan fingerprint density at radius 2 is 1.83 bits per heavy atom. The lowest BCUT2D eigenvalue weighted by atomic mass is 10.1. The molecule has 3 aromatic heterocycles. The van der Waals surface area contributed by atoms with E-state index >= 15 is 0 Å². The van der Waals surface area contributed by atoms with Gasteiger partial charge in [0.15, 0.2) is 0 Å². The minimum Gasteiger partial charge on any atom is -0.338 e. The van der Waals surface area contributed by atoms with Crippen LogP contribution in [0.4, 0.5) is 5.88 Å². The molecule has 4 aromatic rings. The third-order valence-corrected chi connectivity index (χ3v) is 7.51. The summed E-state index contributed by atoms with van der Waals surface area (Å²) in [6.07, 6.45) is 0. The molecule has 1 aliphatic heterocycles. The van der Waals surface area contributed by atoms with Gasteiger partial charge in [-0.15, -0.1) is 11.3 Å². The van der Waals surface area contributed by atoms with Gasteiger partial charge in [0.05, 0.1) is 18.5 Å². The number of thiophene rings is 1. The molecular formula is C25H28N6O3S. The molecule has 0 unspecified atom stereocenters. The zero-order valence-electron chi connectivity index (χ0n) is 20.1. The number of H-pyrrole nitrogens is 1. The largest absolute Gasteiger partial charge is 0.338 e. The molecule has 0 spiro atoms. The molecule has 1 aliphatic rings. The predicted octanol–water partition coefficient (Wildman–Crippen LogP) is 3.32. The van der Waals surface area contributed by atoms with E-state index in [2.05, 4.69) is 30.2 Å². The Balaban J connectivity index is 1.12. The van der Waals surface area contributed by atoms with Gasteiger partial charge in [0.25, 0.3) is 5.56 Å². The number of anilines is 1. The van der Waals surface area contributed by atoms with Crippen LogP contribution in [0.2, 0.25) is 0 Å². The molecule has 10 heteroatoms. The minimum absolute atomic E-state index is 0.0693. The molecule has 1 fully saturated rings. The second-order valence-corrected chi connectivity index (χ2v) is 10.2. The van der Waals surface area contributed by atoms with Gasteiger partial charge in [-0.05, 0) is 26.3 Å². The van der Waals surface area contributed by atoms with E-state index < -0.39 is 0 Å². The van der Waals surface area contributed by atoms with Crippen LogP contribution in [-0.2, 0) is 11.3 Å². The summed E-state index contributed by atoms with van der Waals surface area (Å²) in [5.74, 6) is 0.892. The molecule has 1 saturated heterocycles. The van der Waals surface area contributed by atoms with E-state index in [1.165, 1.54) is 5.56 Å². The molecule has 0 aliphatic carbocycles. The lowest BCUT2D eigenvalue weighted by Gasteiger charge is -2.33. The number of amides is 1. The number of fused-ring (bicyclic) bond motifs is 1. The molecule has 2 N–H and O–H groups in total. The van der Waals surface area contributed by atoms with Crippen molar-refractivity contribution in [2.45, 2.75) is 27.3 Å². The van der Waals surface area contributed by atoms with Crippen molar-refractivity contribution in [2.75, 3.05) is 38.0 Å². The zero-order chi connectivity index (χ0) is 24.5. The summed E-state index contributed by atoms with van der Waals surface area (Å²) in [5, 5.41) is 7.56. The smallest absolute Gasteiger partial charge is 0.259 e. The SMILES string of the molecule is Cc1ccc(-c2cc(NC(=O)CN3CCN(Cc4nc5sc(C)c(C)c5c(=O)[nH]4)CC3)on2)cc1. The van der Waals surface area contributed by atoms with Crippen molar-refractivity contribution in [1.82, 2.24) is 24.9 Å². The Morgan fingerprint density at radius 1 is 1.11 bits per heavy atom. The van der Waals surface area contributed by atoms with Gasteiger partial charge in [0, 0.05) is 42.7 Å². The van der Waals surface area contributed by atoms with Gasteiger partial charge < -0.3 is 9.51 Å². The maximum atomic E-state index is 12.5. The number of carbonyl (C=O) groups excluding carboxylic acids is 1. The van der Waals surface area contributed by atoms with Crippen LogP contribution >= 0.6 is 11.3 Å². The molecule has 182 valence electrons. The number of hydrogen-bond acceptors (Lipinski definition) is 8. The Labute approximate surface area is 206 Å². The van der Waals surface area contributed by atoms with E-state index in [0.717, 1.165) is 47.0 Å². The van der Waals surface area contributed by atoms with Crippen molar-refractivity contribution in [2.24, 2.45) is 0 Å². The van der Waals surface area contributed by atoms with Crippen molar-refractivity contribution in [3.05, 3.63) is 62.5 Å². The van der Waals surface area contributed by atoms with Crippen LogP contribution in [0.5, 0.6) is 0 Å². The molecule has 35 heavy (non-hydrogen) atoms. The highest BCUT2D eigenvalue weighted by molar-refractivity contribution is 7.18. The normalized spacial score (nSPS) is 15.1. The summed E-state index contributed by atoms with van der Waals surface area (Å²) < 4.78 is 5.30. The summed E-state index contributed by atoms with van der Waals surface area (Å²) in [7, 11) is 0. The number of aromatic amines is 1. The first-order valence-corrected chi connectivity index (χ1v) is 12.4. The highest BCUT2D eigenvalue weighted by atomic mass is 32.1. The predicted molar refractivity (Wildman–Crippen MR) is 137 cm³/mol. The molecular weight excluding hydrogens is 464 g/mol. The molecule has 5 rings (SSSR count). The number of nitrogens with zero attached hydrogens (tertiary/aromatic N) is 4. The monoisotopic (exact) mass is 492 g/mol. The number of aryl methyl sites for hydroxylation is 3. The maximum absolute atomic E-state index is 12.5. The highest BCUT2D eigenvalue weighted by Crippen LogP contribution is 2.26. The third-order valence-electron chi connectivity index (χ3n) is 6.41. The van der Waals surface area contributed by atoms with E-state index in [9.17, 15) is 9.59 Å². The van der Waals surface area contributed by atoms with Crippen LogP contribution in [0.1, 0.15) is 21.8 Å². The quantitative estimate of drug-likeness (QED) is 0.425. The Bertz CT molecular complexity index is 1410. The lowest BCUT2D eigenvalue weighted by molar-refractivity contribution is -0.117. The van der Waals surface area contributed by atoms with Crippen molar-refractivity contribution in [1.29, 1.82) is 0 Å². The zero-order valence-corrected chi connectivity index (χ0v) is 20.9. The molecule has 4 heterocycles. The number of rotatable bonds is 6. The van der Waals surface area contributed by atoms with Gasteiger partial charge in [-0.2, -0.15) is 0 Å². The van der Waals surface area contributed by atoms with Crippen LogP contribution in [-0.4, -0.2) is 63.6 Å². The Morgan fingerprint density at radius 3 is 2.57 bits per heavy atom. The standard InChI is InChI=1S/C25H28N6O3S/c1-15-4-6-18(7-5-15)19-12-22(34-29-19)28-21(32)14-31-10-8-30(9-11-31)13-20-26-24(33)23-16(2)17(3)35-25(23)27-20/h4-7,12H,8-11,13-14H2,1-3H3,(H,28,32)(H,26,27,33). The van der Waals surface area contributed by atoms with Gasteiger partial charge in [0.1, 0.15) is 16.3 Å². The number of benzene rings is 1. The average Bonchev–Trinajstić information content (AvgIpc) is 3.39. The lowest BCUT2D eigenvalue weighted by Crippen LogP contribution is -2.48. The van der Waals surface area contributed by atoms with E-state index in [1.54, 1.807) is 17.4 Å². The van der Waals surface area contributed by atoms with E-state index in [0.29, 0.717) is 29.3 Å². The molecule has 9 nitrogen and oxygen atoms in total. The van der Waals surface area contributed by atoms with Crippen LogP contribution in [0, 0.1) is 20.8 Å². The fraction of sp³-hybridized carbons (Fsp3) is 0.360. The maximum Gasteiger partial charge on any atom is 0.259 e. The van der Waals surface area contributed by atoms with Gasteiger partial charge in [-0.25, -0.2) is 4.98 Å². The van der Waals surface area contributed by atoms with Crippen molar-refractivity contribution in [3.63, 3.8) is 0 Å². The number of aromatic nitrogens is 3. The van der Waals surface area contributed by atoms with E-state index in [1.807, 2.05) is 45.0 Å². The first-order chi connectivity index (χ1) is 16.9. The molecule has 0 saturated carbocycles. The highest BCUT2D eigenvalue weighted by Gasteiger charge is 2.21. The average molecular weight is 493 g/mol. The fourth-order valence-corrected chi connectivity index (χ4v) is 5.31. The summed E-state index contributed by atoms with van der Waals surface area (Å²) in [6, 6.07) is 9.71. The minimum atomic E-state index is -0.134. The summed E-state index contributed by atoms with van der Waals surface area (Å²) in [6.45, 7) is 9.96. The third kappa shape index (κ3) is 5.19. The van der Waals surface area contributed by atoms with Crippen molar-refractivity contribution < 1.29 is 9.32 Å². The molecule has 1 amide bonds. The van der Waals surface area contributed by atoms with Gasteiger partial charge in [-0.1, -0.05) is 35.0 Å². The van der Waals surface area contributed by atoms with E-state index in [4.69, 9.17) is 4.52 Å². The van der Waals surface area contributed by atoms with Crippen LogP contribution in [0.15, 0.2) is 39.6 Å². The Kier molecular flexibility index (Phi) is 6.50. The van der Waals surface area contributed by atoms with Gasteiger partial charge in [-0.3, -0.25) is 24.7 Å². The summed E-state index contributed by atoms with van der Waals surface area (Å²) >= 11 is 1.56. The number of carbonyl (C=O) groups is 1. The van der Waals surface area contributed by atoms with Crippen molar-refractivity contribution >= 4 is 33.3 Å². The van der Waals surface area contributed by atoms with Gasteiger partial charge >= 0.3 is 0 Å². The number of nitrogens with one attached hydrogen (secondary N) is 2.